The van der Waals surface area contributed by atoms with E-state index in [1.807, 2.05) is 0 Å². The van der Waals surface area contributed by atoms with E-state index < -0.39 is 10.0 Å². The number of sulfonamides is 1. The molecule has 1 aliphatic rings. The zero-order valence-corrected chi connectivity index (χ0v) is 16.8. The highest BCUT2D eigenvalue weighted by Crippen LogP contribution is 2.33. The third kappa shape index (κ3) is 4.98. The first-order valence-corrected chi connectivity index (χ1v) is 10.9. The lowest BCUT2D eigenvalue weighted by Gasteiger charge is -2.20. The molecule has 7 heteroatoms. The van der Waals surface area contributed by atoms with Gasteiger partial charge in [-0.15, -0.1) is 0 Å². The number of nitrogens with one attached hydrogen (secondary N) is 1. The largest absolute Gasteiger partial charge is 0.495 e. The van der Waals surface area contributed by atoms with Crippen LogP contribution in [-0.4, -0.2) is 34.5 Å². The van der Waals surface area contributed by atoms with E-state index in [4.69, 9.17) is 4.74 Å². The van der Waals surface area contributed by atoms with Gasteiger partial charge in [-0.1, -0.05) is 33.1 Å². The van der Waals surface area contributed by atoms with Crippen molar-refractivity contribution in [3.63, 3.8) is 0 Å². The zero-order valence-electron chi connectivity index (χ0n) is 16.0. The smallest absolute Gasteiger partial charge is 0.240 e. The summed E-state index contributed by atoms with van der Waals surface area (Å²) in [6.45, 7) is 5.23. The van der Waals surface area contributed by atoms with Crippen LogP contribution in [0.25, 0.3) is 0 Å². The van der Waals surface area contributed by atoms with Crippen LogP contribution >= 0.6 is 0 Å². The third-order valence-electron chi connectivity index (χ3n) is 4.93. The maximum absolute atomic E-state index is 12.7. The van der Waals surface area contributed by atoms with Crippen LogP contribution in [0.15, 0.2) is 23.1 Å². The first-order chi connectivity index (χ1) is 12.4. The van der Waals surface area contributed by atoms with Crippen molar-refractivity contribution in [2.45, 2.75) is 57.3 Å². The standard InChI is InChI=1S/C19H30N2O4S/c1-4-6-8-15(5-2)14-20-26(23,24)16-10-11-18(25-3)17(13-16)21-12-7-9-19(21)22/h10-11,13,15,20H,4-9,12,14H2,1-3H3. The second-order valence-electron chi connectivity index (χ2n) is 6.75. The summed E-state index contributed by atoms with van der Waals surface area (Å²) >= 11 is 0. The fourth-order valence-electron chi connectivity index (χ4n) is 3.20. The average molecular weight is 383 g/mol. The van der Waals surface area contributed by atoms with E-state index in [2.05, 4.69) is 18.6 Å². The summed E-state index contributed by atoms with van der Waals surface area (Å²) in [6.07, 6.45) is 5.42. The number of amides is 1. The molecule has 1 fully saturated rings. The van der Waals surface area contributed by atoms with E-state index in [-0.39, 0.29) is 10.8 Å². The Morgan fingerprint density at radius 1 is 1.31 bits per heavy atom. The van der Waals surface area contributed by atoms with Gasteiger partial charge in [0.15, 0.2) is 0 Å². The van der Waals surface area contributed by atoms with Crippen LogP contribution in [0, 0.1) is 5.92 Å². The number of hydrogen-bond donors (Lipinski definition) is 1. The highest BCUT2D eigenvalue weighted by Gasteiger charge is 2.26. The van der Waals surface area contributed by atoms with Crippen molar-refractivity contribution in [1.29, 1.82) is 0 Å². The number of ether oxygens (including phenoxy) is 1. The van der Waals surface area contributed by atoms with Crippen LogP contribution in [0.1, 0.15) is 52.4 Å². The summed E-state index contributed by atoms with van der Waals surface area (Å²) in [5.74, 6) is 0.840. The van der Waals surface area contributed by atoms with Crippen molar-refractivity contribution in [3.05, 3.63) is 18.2 Å². The predicted octanol–water partition coefficient (Wildman–Crippen LogP) is 3.32. The molecule has 0 bridgehead atoms. The van der Waals surface area contributed by atoms with Gasteiger partial charge < -0.3 is 9.64 Å². The fourth-order valence-corrected chi connectivity index (χ4v) is 4.34. The minimum Gasteiger partial charge on any atom is -0.495 e. The number of anilines is 1. The number of hydrogen-bond acceptors (Lipinski definition) is 4. The van der Waals surface area contributed by atoms with E-state index in [1.54, 1.807) is 11.0 Å². The summed E-state index contributed by atoms with van der Waals surface area (Å²) in [5, 5.41) is 0. The molecule has 26 heavy (non-hydrogen) atoms. The Morgan fingerprint density at radius 3 is 2.65 bits per heavy atom. The molecule has 1 atom stereocenters. The van der Waals surface area contributed by atoms with Crippen molar-refractivity contribution < 1.29 is 17.9 Å². The number of carbonyl (C=O) groups excluding carboxylic acids is 1. The molecule has 1 saturated heterocycles. The van der Waals surface area contributed by atoms with Gasteiger partial charge in [0.2, 0.25) is 15.9 Å². The molecule has 1 unspecified atom stereocenters. The molecule has 6 nitrogen and oxygen atoms in total. The van der Waals surface area contributed by atoms with Crippen LogP contribution in [0.5, 0.6) is 5.75 Å². The first-order valence-electron chi connectivity index (χ1n) is 9.41. The molecule has 0 aliphatic carbocycles. The van der Waals surface area contributed by atoms with E-state index >= 15 is 0 Å². The molecule has 1 aromatic carbocycles. The average Bonchev–Trinajstić information content (AvgIpc) is 3.07. The quantitative estimate of drug-likeness (QED) is 0.673. The molecular weight excluding hydrogens is 352 g/mol. The summed E-state index contributed by atoms with van der Waals surface area (Å²) in [4.78, 5) is 13.8. The van der Waals surface area contributed by atoms with Gasteiger partial charge >= 0.3 is 0 Å². The highest BCUT2D eigenvalue weighted by molar-refractivity contribution is 7.89. The zero-order chi connectivity index (χ0) is 19.2. The highest BCUT2D eigenvalue weighted by atomic mass is 32.2. The molecule has 2 rings (SSSR count). The molecule has 0 spiro atoms. The SMILES string of the molecule is CCCCC(CC)CNS(=O)(=O)c1ccc(OC)c(N2CCCC2=O)c1. The van der Waals surface area contributed by atoms with Gasteiger partial charge in [-0.25, -0.2) is 13.1 Å². The van der Waals surface area contributed by atoms with E-state index in [0.29, 0.717) is 36.9 Å². The number of methoxy groups -OCH3 is 1. The minimum absolute atomic E-state index is 0.00332. The van der Waals surface area contributed by atoms with Crippen molar-refractivity contribution in [3.8, 4) is 5.75 Å². The molecular formula is C19H30N2O4S. The van der Waals surface area contributed by atoms with Crippen molar-refractivity contribution in [1.82, 2.24) is 4.72 Å². The molecule has 0 radical (unpaired) electrons. The lowest BCUT2D eigenvalue weighted by Crippen LogP contribution is -2.30. The van der Waals surface area contributed by atoms with Crippen LogP contribution in [0.3, 0.4) is 0 Å². The molecule has 1 aliphatic heterocycles. The number of unbranched alkanes of at least 4 members (excludes halogenated alkanes) is 1. The van der Waals surface area contributed by atoms with E-state index in [1.165, 1.54) is 19.2 Å². The van der Waals surface area contributed by atoms with Crippen LogP contribution in [0.4, 0.5) is 5.69 Å². The normalized spacial score (nSPS) is 16.1. The molecule has 146 valence electrons. The molecule has 1 amide bonds. The van der Waals surface area contributed by atoms with Gasteiger partial charge in [-0.3, -0.25) is 4.79 Å². The summed E-state index contributed by atoms with van der Waals surface area (Å²) in [5.41, 5.74) is 0.524. The molecule has 1 aromatic rings. The Kier molecular flexibility index (Phi) is 7.46. The summed E-state index contributed by atoms with van der Waals surface area (Å²) < 4.78 is 33.5. The van der Waals surface area contributed by atoms with Gasteiger partial charge in [0.05, 0.1) is 17.7 Å². The number of carbonyl (C=O) groups is 1. The number of rotatable bonds is 10. The predicted molar refractivity (Wildman–Crippen MR) is 103 cm³/mol. The van der Waals surface area contributed by atoms with Gasteiger partial charge in [0.25, 0.3) is 0 Å². The fraction of sp³-hybridized carbons (Fsp3) is 0.632. The topological polar surface area (TPSA) is 75.7 Å². The third-order valence-corrected chi connectivity index (χ3v) is 6.35. The van der Waals surface area contributed by atoms with Gasteiger partial charge in [-0.2, -0.15) is 0 Å². The summed E-state index contributed by atoms with van der Waals surface area (Å²) in [6, 6.07) is 4.68. The number of benzene rings is 1. The van der Waals surface area contributed by atoms with Gasteiger partial charge in [-0.05, 0) is 37.0 Å². The van der Waals surface area contributed by atoms with Crippen LogP contribution in [-0.2, 0) is 14.8 Å². The Bertz CT molecular complexity index is 718. The van der Waals surface area contributed by atoms with Crippen molar-refractivity contribution in [2.75, 3.05) is 25.1 Å². The summed E-state index contributed by atoms with van der Waals surface area (Å²) in [7, 11) is -2.11. The Labute approximate surface area is 157 Å². The second-order valence-corrected chi connectivity index (χ2v) is 8.52. The van der Waals surface area contributed by atoms with Crippen LogP contribution in [0.2, 0.25) is 0 Å². The number of nitrogens with zero attached hydrogens (tertiary/aromatic N) is 1. The lowest BCUT2D eigenvalue weighted by molar-refractivity contribution is -0.117. The second kappa shape index (κ2) is 9.37. The monoisotopic (exact) mass is 382 g/mol. The maximum Gasteiger partial charge on any atom is 0.240 e. The van der Waals surface area contributed by atoms with E-state index in [0.717, 1.165) is 32.1 Å². The van der Waals surface area contributed by atoms with Gasteiger partial charge in [0.1, 0.15) is 5.75 Å². The van der Waals surface area contributed by atoms with Crippen molar-refractivity contribution in [2.24, 2.45) is 5.92 Å². The Morgan fingerprint density at radius 2 is 2.08 bits per heavy atom. The molecule has 0 saturated carbocycles. The molecule has 1 N–H and O–H groups in total. The lowest BCUT2D eigenvalue weighted by atomic mass is 10.00. The Hall–Kier alpha value is -1.60. The maximum atomic E-state index is 12.7. The van der Waals surface area contributed by atoms with Crippen molar-refractivity contribution >= 4 is 21.6 Å². The van der Waals surface area contributed by atoms with E-state index in [9.17, 15) is 13.2 Å². The van der Waals surface area contributed by atoms with Crippen LogP contribution < -0.4 is 14.4 Å². The molecule has 0 aromatic heterocycles. The Balaban J connectivity index is 2.19. The molecule has 1 heterocycles. The first kappa shape index (κ1) is 20.7. The minimum atomic E-state index is -3.63. The van der Waals surface area contributed by atoms with Gasteiger partial charge in [0, 0.05) is 19.5 Å².